The second-order valence-corrected chi connectivity index (χ2v) is 4.98. The summed E-state index contributed by atoms with van der Waals surface area (Å²) in [6.45, 7) is 0. The van der Waals surface area contributed by atoms with Crippen LogP contribution in [0.2, 0.25) is 0 Å². The molecule has 0 heterocycles. The van der Waals surface area contributed by atoms with Gasteiger partial charge in [-0.2, -0.15) is 0 Å². The number of alkyl halides is 3. The number of rotatable bonds is 2. The minimum atomic E-state index is -1.61. The molecule has 76 valence electrons. The van der Waals surface area contributed by atoms with E-state index in [0.29, 0.717) is 11.1 Å². The molecule has 0 aliphatic rings. The fourth-order valence-corrected chi connectivity index (χ4v) is 1.66. The van der Waals surface area contributed by atoms with Crippen molar-refractivity contribution >= 4 is 40.8 Å². The van der Waals surface area contributed by atoms with Gasteiger partial charge in [0, 0.05) is 18.0 Å². The molecule has 0 aliphatic carbocycles. The van der Waals surface area contributed by atoms with Gasteiger partial charge in [-0.3, -0.25) is 0 Å². The van der Waals surface area contributed by atoms with Crippen molar-refractivity contribution in [3.05, 3.63) is 35.4 Å². The number of carbonyl (C=O) groups is 1. The Balaban J connectivity index is 0.00000196. The third-order valence-corrected chi connectivity index (χ3v) is 2.27. The van der Waals surface area contributed by atoms with E-state index < -0.39 is 9.76 Å². The molecule has 0 saturated carbocycles. The normalized spacial score (nSPS) is 10.6. The third kappa shape index (κ3) is 4.94. The van der Waals surface area contributed by atoms with Gasteiger partial charge in [-0.25, -0.2) is 0 Å². The minimum Gasteiger partial charge on any atom is -0.550 e. The van der Waals surface area contributed by atoms with Gasteiger partial charge in [0.15, 0.2) is 0 Å². The molecule has 6 heteroatoms. The number of hydrogen-bond acceptors (Lipinski definition) is 2. The fraction of sp³-hybridized carbons (Fsp3) is 0.222. The molecule has 1 aromatic carbocycles. The molecule has 1 aromatic rings. The van der Waals surface area contributed by atoms with Crippen LogP contribution in [0.25, 0.3) is 0 Å². The van der Waals surface area contributed by atoms with Gasteiger partial charge >= 0.3 is 29.6 Å². The van der Waals surface area contributed by atoms with Crippen molar-refractivity contribution in [3.8, 4) is 0 Å². The van der Waals surface area contributed by atoms with E-state index in [9.17, 15) is 9.90 Å². The first-order valence-corrected chi connectivity index (χ1v) is 4.89. The zero-order valence-corrected chi connectivity index (χ0v) is 12.2. The topological polar surface area (TPSA) is 40.1 Å². The van der Waals surface area contributed by atoms with Crippen LogP contribution < -0.4 is 34.7 Å². The first-order valence-electron chi connectivity index (χ1n) is 3.76. The quantitative estimate of drug-likeness (QED) is 0.503. The first-order chi connectivity index (χ1) is 6.41. The SMILES string of the molecule is O=C([O-])Cc1ccccc1C(Cl)(Cl)Cl.[Na+]. The standard InChI is InChI=1S/C9H7Cl3O2.Na/c10-9(11,12)7-4-2-1-3-6(7)5-8(13)14;/h1-4H,5H2,(H,13,14);/q;+1/p-1. The Hall–Kier alpha value is 0.560. The summed E-state index contributed by atoms with van der Waals surface area (Å²) in [7, 11) is 0. The Bertz CT molecular complexity index is 349. The van der Waals surface area contributed by atoms with Crippen molar-refractivity contribution in [2.75, 3.05) is 0 Å². The molecule has 0 aliphatic heterocycles. The summed E-state index contributed by atoms with van der Waals surface area (Å²) in [5.74, 6) is -1.20. The Labute approximate surface area is 125 Å². The van der Waals surface area contributed by atoms with Crippen LogP contribution in [0, 0.1) is 0 Å². The average Bonchev–Trinajstić information content (AvgIpc) is 2.01. The van der Waals surface area contributed by atoms with Gasteiger partial charge in [-0.1, -0.05) is 59.1 Å². The van der Waals surface area contributed by atoms with Gasteiger partial charge in [-0.15, -0.1) is 0 Å². The van der Waals surface area contributed by atoms with E-state index in [1.807, 2.05) is 0 Å². The Morgan fingerprint density at radius 2 is 1.80 bits per heavy atom. The minimum absolute atomic E-state index is 0. The summed E-state index contributed by atoms with van der Waals surface area (Å²) in [4.78, 5) is 10.4. The van der Waals surface area contributed by atoms with Gasteiger partial charge in [-0.05, 0) is 5.56 Å². The summed E-state index contributed by atoms with van der Waals surface area (Å²) >= 11 is 17.0. The van der Waals surface area contributed by atoms with Gasteiger partial charge in [0.05, 0.1) is 0 Å². The van der Waals surface area contributed by atoms with Crippen LogP contribution in [0.5, 0.6) is 0 Å². The number of benzene rings is 1. The van der Waals surface area contributed by atoms with E-state index in [1.54, 1.807) is 24.3 Å². The molecule has 2 nitrogen and oxygen atoms in total. The van der Waals surface area contributed by atoms with Crippen molar-refractivity contribution in [2.24, 2.45) is 0 Å². The van der Waals surface area contributed by atoms with Crippen molar-refractivity contribution in [3.63, 3.8) is 0 Å². The Morgan fingerprint density at radius 1 is 1.27 bits per heavy atom. The van der Waals surface area contributed by atoms with Gasteiger partial charge in [0.2, 0.25) is 3.79 Å². The predicted octanol–water partition coefficient (Wildman–Crippen LogP) is -1.19. The molecule has 0 N–H and O–H groups in total. The van der Waals surface area contributed by atoms with Crippen molar-refractivity contribution in [1.82, 2.24) is 0 Å². The third-order valence-electron chi connectivity index (χ3n) is 1.66. The first kappa shape index (κ1) is 15.6. The van der Waals surface area contributed by atoms with Gasteiger partial charge in [0.1, 0.15) is 0 Å². The van der Waals surface area contributed by atoms with Crippen molar-refractivity contribution in [2.45, 2.75) is 10.2 Å². The number of carboxylic acids is 1. The number of carboxylic acid groups (broad SMARTS) is 1. The Morgan fingerprint density at radius 3 is 2.27 bits per heavy atom. The maximum Gasteiger partial charge on any atom is 1.00 e. The molecule has 15 heavy (non-hydrogen) atoms. The van der Waals surface area contributed by atoms with Gasteiger partial charge < -0.3 is 9.90 Å². The number of carbonyl (C=O) groups excluding carboxylic acids is 1. The van der Waals surface area contributed by atoms with Crippen LogP contribution in [0.3, 0.4) is 0 Å². The van der Waals surface area contributed by atoms with E-state index in [1.165, 1.54) is 0 Å². The van der Waals surface area contributed by atoms with Crippen LogP contribution in [-0.4, -0.2) is 5.97 Å². The largest absolute Gasteiger partial charge is 1.00 e. The molecular weight excluding hydrogens is 269 g/mol. The van der Waals surface area contributed by atoms with Crippen molar-refractivity contribution < 1.29 is 39.5 Å². The maximum atomic E-state index is 10.4. The van der Waals surface area contributed by atoms with Crippen LogP contribution >= 0.6 is 34.8 Å². The predicted molar refractivity (Wildman–Crippen MR) is 54.4 cm³/mol. The number of aliphatic carboxylic acids is 1. The monoisotopic (exact) mass is 274 g/mol. The summed E-state index contributed by atoms with van der Waals surface area (Å²) in [5, 5.41) is 10.4. The summed E-state index contributed by atoms with van der Waals surface area (Å²) < 4.78 is -1.61. The van der Waals surface area contributed by atoms with Crippen LogP contribution in [0.4, 0.5) is 0 Å². The molecule has 0 radical (unpaired) electrons. The van der Waals surface area contributed by atoms with Crippen molar-refractivity contribution in [1.29, 1.82) is 0 Å². The summed E-state index contributed by atoms with van der Waals surface area (Å²) in [5.41, 5.74) is 0.821. The molecular formula is C9H6Cl3NaO2. The maximum absolute atomic E-state index is 10.4. The van der Waals surface area contributed by atoms with E-state index in [2.05, 4.69) is 0 Å². The molecule has 0 amide bonds. The van der Waals surface area contributed by atoms with E-state index in [4.69, 9.17) is 34.8 Å². The van der Waals surface area contributed by atoms with E-state index >= 15 is 0 Å². The zero-order chi connectivity index (χ0) is 10.8. The molecule has 1 rings (SSSR count). The summed E-state index contributed by atoms with van der Waals surface area (Å²) in [6.07, 6.45) is -0.260. The summed E-state index contributed by atoms with van der Waals surface area (Å²) in [6, 6.07) is 6.52. The zero-order valence-electron chi connectivity index (χ0n) is 7.97. The van der Waals surface area contributed by atoms with Crippen LogP contribution in [0.1, 0.15) is 11.1 Å². The second-order valence-electron chi connectivity index (χ2n) is 2.70. The van der Waals surface area contributed by atoms with Gasteiger partial charge in [0.25, 0.3) is 0 Å². The van der Waals surface area contributed by atoms with E-state index in [-0.39, 0.29) is 36.0 Å². The molecule has 0 atom stereocenters. The number of hydrogen-bond donors (Lipinski definition) is 0. The van der Waals surface area contributed by atoms with Crippen LogP contribution in [0.15, 0.2) is 24.3 Å². The average molecular weight is 275 g/mol. The second kappa shape index (κ2) is 6.33. The molecule has 0 spiro atoms. The Kier molecular flexibility index (Phi) is 6.57. The molecule has 0 unspecified atom stereocenters. The van der Waals surface area contributed by atoms with E-state index in [0.717, 1.165) is 0 Å². The smallest absolute Gasteiger partial charge is 0.550 e. The molecule has 0 saturated heterocycles. The molecule has 0 bridgehead atoms. The van der Waals surface area contributed by atoms with Crippen LogP contribution in [-0.2, 0) is 15.0 Å². The molecule has 0 aromatic heterocycles. The number of halogens is 3. The fourth-order valence-electron chi connectivity index (χ4n) is 1.11. The molecule has 0 fully saturated rings.